The van der Waals surface area contributed by atoms with Crippen molar-refractivity contribution < 1.29 is 9.59 Å². The van der Waals surface area contributed by atoms with Crippen LogP contribution in [0.2, 0.25) is 0 Å². The third kappa shape index (κ3) is 3.69. The van der Waals surface area contributed by atoms with E-state index in [0.717, 1.165) is 11.3 Å². The van der Waals surface area contributed by atoms with E-state index in [2.05, 4.69) is 4.90 Å². The van der Waals surface area contributed by atoms with Crippen LogP contribution in [0.5, 0.6) is 0 Å². The summed E-state index contributed by atoms with van der Waals surface area (Å²) in [5, 5.41) is 0. The van der Waals surface area contributed by atoms with Crippen molar-refractivity contribution >= 4 is 17.5 Å². The molecule has 0 N–H and O–H groups in total. The molecule has 2 saturated carbocycles. The molecule has 0 bridgehead atoms. The fraction of sp³-hybridized carbons (Fsp3) is 0.652. The molecule has 4 nitrogen and oxygen atoms in total. The first-order chi connectivity index (χ1) is 13.2. The lowest BCUT2D eigenvalue weighted by Gasteiger charge is -2.44. The van der Waals surface area contributed by atoms with Crippen LogP contribution in [0.25, 0.3) is 0 Å². The van der Waals surface area contributed by atoms with Crippen molar-refractivity contribution in [2.75, 3.05) is 4.90 Å². The predicted molar refractivity (Wildman–Crippen MR) is 108 cm³/mol. The lowest BCUT2D eigenvalue weighted by molar-refractivity contribution is -0.124. The van der Waals surface area contributed by atoms with Gasteiger partial charge in [0.1, 0.15) is 0 Å². The van der Waals surface area contributed by atoms with Gasteiger partial charge in [-0.25, -0.2) is 4.90 Å². The highest BCUT2D eigenvalue weighted by atomic mass is 16.2. The molecule has 1 unspecified atom stereocenters. The molecule has 1 saturated heterocycles. The first kappa shape index (κ1) is 18.7. The van der Waals surface area contributed by atoms with E-state index in [4.69, 9.17) is 0 Å². The van der Waals surface area contributed by atoms with Crippen LogP contribution >= 0.6 is 0 Å². The SMILES string of the molecule is Cc1ccccc1N1C(=O)CC(N(C2CCCCC2)C2CCCCC2)C1=O. The minimum absolute atomic E-state index is 0.00504. The van der Waals surface area contributed by atoms with Crippen LogP contribution in [0, 0.1) is 6.92 Å². The zero-order valence-corrected chi connectivity index (χ0v) is 16.5. The summed E-state index contributed by atoms with van der Waals surface area (Å²) in [5.74, 6) is -0.0265. The van der Waals surface area contributed by atoms with Crippen LogP contribution in [-0.4, -0.2) is 34.8 Å². The van der Waals surface area contributed by atoms with E-state index in [1.54, 1.807) is 0 Å². The van der Waals surface area contributed by atoms with E-state index in [1.165, 1.54) is 69.1 Å². The van der Waals surface area contributed by atoms with Gasteiger partial charge >= 0.3 is 0 Å². The molecule has 2 amide bonds. The topological polar surface area (TPSA) is 40.6 Å². The second kappa shape index (κ2) is 8.14. The molecule has 4 rings (SSSR count). The maximum atomic E-state index is 13.5. The van der Waals surface area contributed by atoms with E-state index in [9.17, 15) is 9.59 Å². The molecule has 0 spiro atoms. The first-order valence-electron chi connectivity index (χ1n) is 10.9. The van der Waals surface area contributed by atoms with E-state index in [0.29, 0.717) is 18.5 Å². The van der Waals surface area contributed by atoms with Crippen molar-refractivity contribution in [1.82, 2.24) is 4.90 Å². The molecule has 1 atom stereocenters. The standard InChI is InChI=1S/C23H32N2O2/c1-17-10-8-9-15-20(17)25-22(26)16-21(23(25)27)24(18-11-4-2-5-12-18)19-13-6-3-7-14-19/h8-10,15,18-19,21H,2-7,11-14,16H2,1H3. The maximum Gasteiger partial charge on any atom is 0.251 e. The number of hydrogen-bond donors (Lipinski definition) is 0. The maximum absolute atomic E-state index is 13.5. The summed E-state index contributed by atoms with van der Waals surface area (Å²) in [6.45, 7) is 1.98. The molecular weight excluding hydrogens is 336 g/mol. The van der Waals surface area contributed by atoms with Gasteiger partial charge in [-0.2, -0.15) is 0 Å². The molecule has 1 heterocycles. The molecule has 146 valence electrons. The van der Waals surface area contributed by atoms with Gasteiger partial charge in [0, 0.05) is 12.1 Å². The molecule has 1 aromatic carbocycles. The van der Waals surface area contributed by atoms with Crippen molar-refractivity contribution in [1.29, 1.82) is 0 Å². The summed E-state index contributed by atoms with van der Waals surface area (Å²) in [5.41, 5.74) is 1.75. The zero-order chi connectivity index (χ0) is 18.8. The summed E-state index contributed by atoms with van der Waals surface area (Å²) in [4.78, 5) is 30.3. The van der Waals surface area contributed by atoms with E-state index in [1.807, 2.05) is 31.2 Å². The highest BCUT2D eigenvalue weighted by Crippen LogP contribution is 2.36. The Balaban J connectivity index is 1.62. The molecule has 0 radical (unpaired) electrons. The molecule has 2 aliphatic carbocycles. The van der Waals surface area contributed by atoms with Crippen LogP contribution in [0.15, 0.2) is 24.3 Å². The summed E-state index contributed by atoms with van der Waals surface area (Å²) in [6, 6.07) is 8.43. The molecule has 1 aliphatic heterocycles. The average molecular weight is 369 g/mol. The largest absolute Gasteiger partial charge is 0.286 e. The Labute approximate surface area is 162 Å². The number of anilines is 1. The van der Waals surface area contributed by atoms with Gasteiger partial charge in [0.2, 0.25) is 5.91 Å². The normalized spacial score (nSPS) is 25.6. The number of amides is 2. The monoisotopic (exact) mass is 368 g/mol. The van der Waals surface area contributed by atoms with Gasteiger partial charge in [-0.3, -0.25) is 14.5 Å². The van der Waals surface area contributed by atoms with E-state index >= 15 is 0 Å². The van der Waals surface area contributed by atoms with Crippen molar-refractivity contribution in [3.63, 3.8) is 0 Å². The van der Waals surface area contributed by atoms with Crippen molar-refractivity contribution in [3.8, 4) is 0 Å². The third-order valence-electron chi connectivity index (χ3n) is 6.83. The van der Waals surface area contributed by atoms with Crippen LogP contribution < -0.4 is 4.90 Å². The molecular formula is C23H32N2O2. The molecule has 0 aromatic heterocycles. The number of benzene rings is 1. The highest BCUT2D eigenvalue weighted by Gasteiger charge is 2.47. The Morgan fingerprint density at radius 1 is 0.852 bits per heavy atom. The quantitative estimate of drug-likeness (QED) is 0.730. The van der Waals surface area contributed by atoms with Gasteiger partial charge in [-0.05, 0) is 44.2 Å². The second-order valence-corrected chi connectivity index (χ2v) is 8.60. The minimum atomic E-state index is -0.261. The Kier molecular flexibility index (Phi) is 5.63. The molecule has 1 aromatic rings. The Morgan fingerprint density at radius 3 is 1.96 bits per heavy atom. The van der Waals surface area contributed by atoms with Gasteiger partial charge < -0.3 is 0 Å². The lowest BCUT2D eigenvalue weighted by Crippen LogP contribution is -2.53. The Morgan fingerprint density at radius 2 is 1.41 bits per heavy atom. The number of rotatable bonds is 4. The van der Waals surface area contributed by atoms with E-state index in [-0.39, 0.29) is 17.9 Å². The average Bonchev–Trinajstić information content (AvgIpc) is 2.98. The third-order valence-corrected chi connectivity index (χ3v) is 6.83. The number of nitrogens with zero attached hydrogens (tertiary/aromatic N) is 2. The summed E-state index contributed by atoms with van der Waals surface area (Å²) in [7, 11) is 0. The number of hydrogen-bond acceptors (Lipinski definition) is 3. The van der Waals surface area contributed by atoms with Gasteiger partial charge in [0.25, 0.3) is 5.91 Å². The molecule has 4 heteroatoms. The van der Waals surface area contributed by atoms with Crippen molar-refractivity contribution in [2.45, 2.75) is 95.7 Å². The summed E-state index contributed by atoms with van der Waals surface area (Å²) in [6.07, 6.45) is 12.7. The molecule has 3 aliphatic rings. The first-order valence-corrected chi connectivity index (χ1v) is 10.9. The molecule has 27 heavy (non-hydrogen) atoms. The summed E-state index contributed by atoms with van der Waals surface area (Å²) >= 11 is 0. The smallest absolute Gasteiger partial charge is 0.251 e. The second-order valence-electron chi connectivity index (χ2n) is 8.60. The van der Waals surface area contributed by atoms with Crippen LogP contribution in [0.1, 0.15) is 76.2 Å². The van der Waals surface area contributed by atoms with Crippen molar-refractivity contribution in [3.05, 3.63) is 29.8 Å². The minimum Gasteiger partial charge on any atom is -0.286 e. The number of carbonyl (C=O) groups excluding carboxylic acids is 2. The highest BCUT2D eigenvalue weighted by molar-refractivity contribution is 6.22. The number of para-hydroxylation sites is 1. The van der Waals surface area contributed by atoms with Crippen molar-refractivity contribution in [2.24, 2.45) is 0 Å². The van der Waals surface area contributed by atoms with Crippen LogP contribution in [-0.2, 0) is 9.59 Å². The number of aryl methyl sites for hydroxylation is 1. The number of imide groups is 1. The summed E-state index contributed by atoms with van der Waals surface area (Å²) < 4.78 is 0. The van der Waals surface area contributed by atoms with E-state index < -0.39 is 0 Å². The number of carbonyl (C=O) groups is 2. The fourth-order valence-electron chi connectivity index (χ4n) is 5.48. The Hall–Kier alpha value is -1.68. The fourth-order valence-corrected chi connectivity index (χ4v) is 5.48. The van der Waals surface area contributed by atoms with Gasteiger partial charge in [0.05, 0.1) is 18.2 Å². The van der Waals surface area contributed by atoms with Crippen LogP contribution in [0.3, 0.4) is 0 Å². The Bertz CT molecular complexity index is 671. The predicted octanol–water partition coefficient (Wildman–Crippen LogP) is 4.59. The van der Waals surface area contributed by atoms with Gasteiger partial charge in [-0.15, -0.1) is 0 Å². The van der Waals surface area contributed by atoms with Gasteiger partial charge in [-0.1, -0.05) is 56.7 Å². The molecule has 3 fully saturated rings. The zero-order valence-electron chi connectivity index (χ0n) is 16.5. The lowest BCUT2D eigenvalue weighted by atomic mass is 9.87. The van der Waals surface area contributed by atoms with Gasteiger partial charge in [0.15, 0.2) is 0 Å². The van der Waals surface area contributed by atoms with Crippen LogP contribution in [0.4, 0.5) is 5.69 Å².